The Morgan fingerprint density at radius 3 is 2.67 bits per heavy atom. The first-order valence-corrected chi connectivity index (χ1v) is 7.18. The van der Waals surface area contributed by atoms with Gasteiger partial charge in [0.1, 0.15) is 0 Å². The lowest BCUT2D eigenvalue weighted by molar-refractivity contribution is -0.384. The molecule has 1 aliphatic carbocycles. The predicted molar refractivity (Wildman–Crippen MR) is 78.5 cm³/mol. The van der Waals surface area contributed by atoms with Gasteiger partial charge in [0.2, 0.25) is 0 Å². The maximum absolute atomic E-state index is 12.5. The Hall–Kier alpha value is -1.66. The minimum atomic E-state index is -0.561. The van der Waals surface area contributed by atoms with Gasteiger partial charge < -0.3 is 10.0 Å². The number of hydrogen-bond acceptors (Lipinski definition) is 4. The van der Waals surface area contributed by atoms with Gasteiger partial charge in [-0.25, -0.2) is 0 Å². The molecule has 1 aromatic rings. The van der Waals surface area contributed by atoms with Crippen LogP contribution >= 0.6 is 11.6 Å². The number of nitro benzene ring substituents is 1. The number of hydrogen-bond donors (Lipinski definition) is 1. The van der Waals surface area contributed by atoms with Crippen molar-refractivity contribution in [2.75, 3.05) is 7.05 Å². The molecule has 1 saturated carbocycles. The molecule has 21 heavy (non-hydrogen) atoms. The molecule has 0 heterocycles. The maximum atomic E-state index is 12.5. The number of rotatable bonds is 3. The average Bonchev–Trinajstić information content (AvgIpc) is 2.46. The van der Waals surface area contributed by atoms with Crippen LogP contribution in [-0.4, -0.2) is 40.0 Å². The molecule has 6 nitrogen and oxygen atoms in total. The Kier molecular flexibility index (Phi) is 4.80. The summed E-state index contributed by atoms with van der Waals surface area (Å²) in [6.07, 6.45) is 2.81. The quantitative estimate of drug-likeness (QED) is 0.687. The molecule has 2 rings (SSSR count). The van der Waals surface area contributed by atoms with Crippen molar-refractivity contribution >= 4 is 23.2 Å². The number of aliphatic hydroxyl groups excluding tert-OH is 1. The molecular formula is C14H17ClN2O4. The summed E-state index contributed by atoms with van der Waals surface area (Å²) in [4.78, 5) is 24.1. The minimum Gasteiger partial charge on any atom is -0.391 e. The number of amides is 1. The van der Waals surface area contributed by atoms with Gasteiger partial charge in [-0.2, -0.15) is 0 Å². The fraction of sp³-hybridized carbons (Fsp3) is 0.500. The van der Waals surface area contributed by atoms with Crippen LogP contribution < -0.4 is 0 Å². The molecule has 114 valence electrons. The summed E-state index contributed by atoms with van der Waals surface area (Å²) in [6.45, 7) is 0. The summed E-state index contributed by atoms with van der Waals surface area (Å²) in [7, 11) is 1.62. The Labute approximate surface area is 127 Å². The summed E-state index contributed by atoms with van der Waals surface area (Å²) in [5.41, 5.74) is 0.0550. The van der Waals surface area contributed by atoms with Crippen LogP contribution in [0.4, 0.5) is 5.69 Å². The standard InChI is InChI=1S/C14H17ClN2O4/c1-16(12-4-2-3-5-13(12)18)14(19)10-7-6-9(17(20)21)8-11(10)15/h6-8,12-13,18H,2-5H2,1H3. The van der Waals surface area contributed by atoms with E-state index in [2.05, 4.69) is 0 Å². The minimum absolute atomic E-state index is 0.0475. The fourth-order valence-electron chi connectivity index (χ4n) is 2.68. The number of non-ortho nitro benzene ring substituents is 1. The second-order valence-electron chi connectivity index (χ2n) is 5.26. The maximum Gasteiger partial charge on any atom is 0.270 e. The molecule has 7 heteroatoms. The highest BCUT2D eigenvalue weighted by Crippen LogP contribution is 2.27. The van der Waals surface area contributed by atoms with Crippen molar-refractivity contribution in [1.29, 1.82) is 0 Å². The highest BCUT2D eigenvalue weighted by molar-refractivity contribution is 6.34. The van der Waals surface area contributed by atoms with E-state index in [1.165, 1.54) is 23.1 Å². The number of aliphatic hydroxyl groups is 1. The first kappa shape index (κ1) is 15.7. The first-order valence-electron chi connectivity index (χ1n) is 6.81. The highest BCUT2D eigenvalue weighted by atomic mass is 35.5. The second-order valence-corrected chi connectivity index (χ2v) is 5.66. The molecule has 0 spiro atoms. The van der Waals surface area contributed by atoms with Crippen molar-refractivity contribution in [1.82, 2.24) is 4.90 Å². The van der Waals surface area contributed by atoms with Crippen molar-refractivity contribution in [3.63, 3.8) is 0 Å². The van der Waals surface area contributed by atoms with Gasteiger partial charge in [0.25, 0.3) is 11.6 Å². The van der Waals surface area contributed by atoms with E-state index >= 15 is 0 Å². The van der Waals surface area contributed by atoms with Gasteiger partial charge in [0.15, 0.2) is 0 Å². The monoisotopic (exact) mass is 312 g/mol. The van der Waals surface area contributed by atoms with Gasteiger partial charge in [-0.1, -0.05) is 24.4 Å². The molecule has 1 aromatic carbocycles. The van der Waals surface area contributed by atoms with E-state index in [1.807, 2.05) is 0 Å². The lowest BCUT2D eigenvalue weighted by atomic mass is 9.91. The van der Waals surface area contributed by atoms with Crippen LogP contribution in [0.15, 0.2) is 18.2 Å². The highest BCUT2D eigenvalue weighted by Gasteiger charge is 2.30. The van der Waals surface area contributed by atoms with Crippen molar-refractivity contribution in [2.24, 2.45) is 0 Å². The van der Waals surface area contributed by atoms with Crippen molar-refractivity contribution in [3.05, 3.63) is 38.9 Å². The molecule has 1 N–H and O–H groups in total. The van der Waals surface area contributed by atoms with E-state index in [4.69, 9.17) is 11.6 Å². The molecule has 1 aliphatic rings. The van der Waals surface area contributed by atoms with Crippen molar-refractivity contribution in [2.45, 2.75) is 37.8 Å². The first-order chi connectivity index (χ1) is 9.91. The summed E-state index contributed by atoms with van der Waals surface area (Å²) < 4.78 is 0. The van der Waals surface area contributed by atoms with E-state index in [-0.39, 0.29) is 28.2 Å². The van der Waals surface area contributed by atoms with Crippen LogP contribution in [0.3, 0.4) is 0 Å². The smallest absolute Gasteiger partial charge is 0.270 e. The molecule has 0 aliphatic heterocycles. The zero-order valence-electron chi connectivity index (χ0n) is 11.7. The summed E-state index contributed by atoms with van der Waals surface area (Å²) in [5.74, 6) is -0.333. The van der Waals surface area contributed by atoms with Crippen LogP contribution in [-0.2, 0) is 0 Å². The summed E-state index contributed by atoms with van der Waals surface area (Å²) in [5, 5.41) is 20.7. The summed E-state index contributed by atoms with van der Waals surface area (Å²) >= 11 is 5.97. The van der Waals surface area contributed by atoms with Gasteiger partial charge in [-0.3, -0.25) is 14.9 Å². The lowest BCUT2D eigenvalue weighted by Crippen LogP contribution is -2.46. The molecule has 1 fully saturated rings. The van der Waals surface area contributed by atoms with Gasteiger partial charge in [0.05, 0.1) is 27.7 Å². The van der Waals surface area contributed by atoms with E-state index < -0.39 is 11.0 Å². The number of benzene rings is 1. The Morgan fingerprint density at radius 2 is 2.10 bits per heavy atom. The molecule has 0 saturated heterocycles. The zero-order chi connectivity index (χ0) is 15.6. The van der Waals surface area contributed by atoms with Crippen LogP contribution in [0.5, 0.6) is 0 Å². The molecule has 0 radical (unpaired) electrons. The van der Waals surface area contributed by atoms with Crippen LogP contribution in [0.1, 0.15) is 36.0 Å². The molecular weight excluding hydrogens is 296 g/mol. The van der Waals surface area contributed by atoms with E-state index in [9.17, 15) is 20.0 Å². The summed E-state index contributed by atoms with van der Waals surface area (Å²) in [6, 6.07) is 3.54. The van der Waals surface area contributed by atoms with Crippen LogP contribution in [0, 0.1) is 10.1 Å². The molecule has 2 atom stereocenters. The van der Waals surface area contributed by atoms with E-state index in [0.717, 1.165) is 19.3 Å². The third-order valence-corrected chi connectivity index (χ3v) is 4.22. The Bertz CT molecular complexity index is 564. The van der Waals surface area contributed by atoms with Gasteiger partial charge in [0, 0.05) is 19.2 Å². The Morgan fingerprint density at radius 1 is 1.43 bits per heavy atom. The third kappa shape index (κ3) is 3.33. The number of likely N-dealkylation sites (N-methyl/N-ethyl adjacent to an activating group) is 1. The topological polar surface area (TPSA) is 83.7 Å². The third-order valence-electron chi connectivity index (χ3n) is 3.91. The zero-order valence-corrected chi connectivity index (χ0v) is 12.4. The lowest BCUT2D eigenvalue weighted by Gasteiger charge is -2.35. The number of carbonyl (C=O) groups excluding carboxylic acids is 1. The SMILES string of the molecule is CN(C(=O)c1ccc([N+](=O)[O-])cc1Cl)C1CCCCC1O. The second kappa shape index (κ2) is 6.41. The number of nitrogens with zero attached hydrogens (tertiary/aromatic N) is 2. The van der Waals surface area contributed by atoms with Gasteiger partial charge in [-0.15, -0.1) is 0 Å². The Balaban J connectivity index is 2.21. The molecule has 2 unspecified atom stereocenters. The average molecular weight is 313 g/mol. The number of nitro groups is 1. The molecule has 0 bridgehead atoms. The van der Waals surface area contributed by atoms with Gasteiger partial charge >= 0.3 is 0 Å². The number of carbonyl (C=O) groups is 1. The van der Waals surface area contributed by atoms with Crippen molar-refractivity contribution in [3.8, 4) is 0 Å². The van der Waals surface area contributed by atoms with Crippen LogP contribution in [0.2, 0.25) is 5.02 Å². The van der Waals surface area contributed by atoms with Gasteiger partial charge in [-0.05, 0) is 18.9 Å². The van der Waals surface area contributed by atoms with Crippen molar-refractivity contribution < 1.29 is 14.8 Å². The molecule has 0 aromatic heterocycles. The predicted octanol–water partition coefficient (Wildman–Crippen LogP) is 2.62. The molecule has 1 amide bonds. The van der Waals surface area contributed by atoms with Crippen LogP contribution in [0.25, 0.3) is 0 Å². The van der Waals surface area contributed by atoms with E-state index in [0.29, 0.717) is 6.42 Å². The normalized spacial score (nSPS) is 21.9. The van der Waals surface area contributed by atoms with E-state index in [1.54, 1.807) is 7.05 Å². The largest absolute Gasteiger partial charge is 0.391 e. The number of halogens is 1. The fourth-order valence-corrected chi connectivity index (χ4v) is 2.93.